The van der Waals surface area contributed by atoms with Crippen molar-refractivity contribution in [2.45, 2.75) is 25.8 Å². The number of aromatic nitrogens is 2. The number of nitrogens with two attached hydrogens (primary N) is 1. The molecule has 0 atom stereocenters. The maximum atomic E-state index is 5.29. The molecule has 14 heavy (non-hydrogen) atoms. The minimum atomic E-state index is 0.657. The van der Waals surface area contributed by atoms with Crippen LogP contribution < -0.4 is 11.3 Å². The van der Waals surface area contributed by atoms with E-state index in [1.807, 2.05) is 13.0 Å². The summed E-state index contributed by atoms with van der Waals surface area (Å²) in [6.07, 6.45) is 0. The second kappa shape index (κ2) is 5.17. The lowest BCUT2D eigenvalue weighted by Crippen LogP contribution is -2.10. The number of aryl methyl sites for hydroxylation is 1. The Morgan fingerprint density at radius 2 is 2.21 bits per heavy atom. The van der Waals surface area contributed by atoms with Crippen LogP contribution in [0.1, 0.15) is 19.7 Å². The highest BCUT2D eigenvalue weighted by Crippen LogP contribution is 2.20. The third-order valence-corrected chi connectivity index (χ3v) is 2.87. The molecule has 1 heterocycles. The van der Waals surface area contributed by atoms with Gasteiger partial charge in [-0.3, -0.25) is 0 Å². The highest BCUT2D eigenvalue weighted by atomic mass is 32.2. The zero-order chi connectivity index (χ0) is 10.6. The first-order chi connectivity index (χ1) is 6.61. The molecule has 1 rings (SSSR count). The average molecular weight is 212 g/mol. The first-order valence-corrected chi connectivity index (χ1v) is 5.55. The van der Waals surface area contributed by atoms with E-state index in [1.165, 1.54) is 0 Å². The lowest BCUT2D eigenvalue weighted by Gasteiger charge is -2.06. The highest BCUT2D eigenvalue weighted by molar-refractivity contribution is 7.99. The largest absolute Gasteiger partial charge is 0.308 e. The maximum absolute atomic E-state index is 5.29. The Morgan fingerprint density at radius 1 is 1.50 bits per heavy atom. The third-order valence-electron chi connectivity index (χ3n) is 1.53. The fourth-order valence-electron chi connectivity index (χ4n) is 0.940. The van der Waals surface area contributed by atoms with Crippen molar-refractivity contribution in [3.63, 3.8) is 0 Å². The van der Waals surface area contributed by atoms with E-state index in [1.54, 1.807) is 11.8 Å². The lowest BCUT2D eigenvalue weighted by atomic mass is 10.3. The summed E-state index contributed by atoms with van der Waals surface area (Å²) in [5.41, 5.74) is 2.53. The number of hydrogen-bond donors (Lipinski definition) is 2. The molecule has 0 bridgehead atoms. The van der Waals surface area contributed by atoms with E-state index in [-0.39, 0.29) is 0 Å². The summed E-state index contributed by atoms with van der Waals surface area (Å²) in [6, 6.07) is 1.86. The molecule has 0 saturated carbocycles. The third kappa shape index (κ3) is 3.51. The molecule has 0 fully saturated rings. The maximum Gasteiger partial charge on any atom is 0.144 e. The van der Waals surface area contributed by atoms with Gasteiger partial charge in [-0.05, 0) is 12.8 Å². The van der Waals surface area contributed by atoms with Crippen molar-refractivity contribution in [2.75, 3.05) is 11.2 Å². The number of nitrogens with one attached hydrogen (secondary N) is 1. The molecule has 0 aromatic carbocycles. The van der Waals surface area contributed by atoms with Gasteiger partial charge in [-0.15, -0.1) is 11.8 Å². The number of nitrogens with zero attached hydrogens (tertiary/aromatic N) is 2. The molecule has 78 valence electrons. The van der Waals surface area contributed by atoms with Gasteiger partial charge in [0.05, 0.1) is 0 Å². The Hall–Kier alpha value is -0.810. The van der Waals surface area contributed by atoms with Crippen molar-refractivity contribution in [1.82, 2.24) is 9.97 Å². The van der Waals surface area contributed by atoms with Crippen molar-refractivity contribution in [3.8, 4) is 0 Å². The van der Waals surface area contributed by atoms with Crippen molar-refractivity contribution in [3.05, 3.63) is 11.9 Å². The predicted molar refractivity (Wildman–Crippen MR) is 60.1 cm³/mol. The van der Waals surface area contributed by atoms with Crippen LogP contribution >= 0.6 is 11.8 Å². The number of rotatable bonds is 4. The normalized spacial score (nSPS) is 10.6. The monoisotopic (exact) mass is 212 g/mol. The fraction of sp³-hybridized carbons (Fsp3) is 0.556. The second-order valence-corrected chi connectivity index (χ2v) is 4.53. The molecule has 0 radical (unpaired) electrons. The summed E-state index contributed by atoms with van der Waals surface area (Å²) < 4.78 is 0. The molecule has 3 N–H and O–H groups in total. The number of hydrazine groups is 1. The van der Waals surface area contributed by atoms with Crippen LogP contribution in [0.5, 0.6) is 0 Å². The zero-order valence-electron chi connectivity index (χ0n) is 8.74. The molecule has 0 saturated heterocycles. The molecule has 0 unspecified atom stereocenters. The first kappa shape index (κ1) is 11.3. The van der Waals surface area contributed by atoms with Crippen LogP contribution in [0.3, 0.4) is 0 Å². The molecule has 0 amide bonds. The summed E-state index contributed by atoms with van der Waals surface area (Å²) in [5, 5.41) is 0.971. The van der Waals surface area contributed by atoms with E-state index in [9.17, 15) is 0 Å². The average Bonchev–Trinajstić information content (AvgIpc) is 2.14. The van der Waals surface area contributed by atoms with Gasteiger partial charge in [0.2, 0.25) is 0 Å². The Bertz CT molecular complexity index is 301. The van der Waals surface area contributed by atoms with E-state index in [0.717, 1.165) is 16.6 Å². The smallest absolute Gasteiger partial charge is 0.144 e. The fourth-order valence-corrected chi connectivity index (χ4v) is 1.84. The van der Waals surface area contributed by atoms with Gasteiger partial charge in [-0.2, -0.15) is 0 Å². The Balaban J connectivity index is 2.71. The number of hydrogen-bond acceptors (Lipinski definition) is 5. The van der Waals surface area contributed by atoms with Gasteiger partial charge in [0.25, 0.3) is 0 Å². The Labute approximate surface area is 88.7 Å². The molecule has 1 aromatic heterocycles. The Morgan fingerprint density at radius 3 is 2.79 bits per heavy atom. The summed E-state index contributed by atoms with van der Waals surface area (Å²) >= 11 is 1.73. The summed E-state index contributed by atoms with van der Waals surface area (Å²) in [5.74, 6) is 8.42. The molecule has 0 aliphatic heterocycles. The van der Waals surface area contributed by atoms with Crippen LogP contribution in [0.15, 0.2) is 11.1 Å². The van der Waals surface area contributed by atoms with Crippen molar-refractivity contribution in [1.29, 1.82) is 0 Å². The highest BCUT2D eigenvalue weighted by Gasteiger charge is 2.02. The standard InChI is InChI=1S/C9H16N4S/c1-6(2)5-14-9-4-8(13-10)11-7(3)12-9/h4,6H,5,10H2,1-3H3,(H,11,12,13). The zero-order valence-corrected chi connectivity index (χ0v) is 9.56. The quantitative estimate of drug-likeness (QED) is 0.345. The van der Waals surface area contributed by atoms with Gasteiger partial charge >= 0.3 is 0 Å². The van der Waals surface area contributed by atoms with E-state index in [0.29, 0.717) is 11.7 Å². The molecule has 0 aliphatic rings. The summed E-state index contributed by atoms with van der Waals surface area (Å²) in [7, 11) is 0. The van der Waals surface area contributed by atoms with Gasteiger partial charge in [0.1, 0.15) is 16.7 Å². The van der Waals surface area contributed by atoms with E-state index in [2.05, 4.69) is 29.2 Å². The van der Waals surface area contributed by atoms with E-state index < -0.39 is 0 Å². The predicted octanol–water partition coefficient (Wildman–Crippen LogP) is 1.82. The summed E-state index contributed by atoms with van der Waals surface area (Å²) in [4.78, 5) is 8.43. The molecule has 1 aromatic rings. The van der Waals surface area contributed by atoms with Crippen LogP contribution in [0.2, 0.25) is 0 Å². The molecular weight excluding hydrogens is 196 g/mol. The number of nitrogen functional groups attached to an aromatic ring is 1. The molecule has 0 spiro atoms. The first-order valence-electron chi connectivity index (χ1n) is 4.57. The van der Waals surface area contributed by atoms with Crippen LogP contribution in [0.4, 0.5) is 5.82 Å². The van der Waals surface area contributed by atoms with Crippen LogP contribution in [-0.4, -0.2) is 15.7 Å². The lowest BCUT2D eigenvalue weighted by molar-refractivity contribution is 0.749. The topological polar surface area (TPSA) is 63.8 Å². The van der Waals surface area contributed by atoms with Crippen LogP contribution in [0.25, 0.3) is 0 Å². The number of thioether (sulfide) groups is 1. The van der Waals surface area contributed by atoms with E-state index in [4.69, 9.17) is 5.84 Å². The minimum absolute atomic E-state index is 0.657. The number of anilines is 1. The van der Waals surface area contributed by atoms with Gasteiger partial charge in [-0.1, -0.05) is 13.8 Å². The molecular formula is C9H16N4S. The van der Waals surface area contributed by atoms with Gasteiger partial charge in [-0.25, -0.2) is 15.8 Å². The Kier molecular flexibility index (Phi) is 4.16. The minimum Gasteiger partial charge on any atom is -0.308 e. The van der Waals surface area contributed by atoms with Crippen molar-refractivity contribution >= 4 is 17.6 Å². The van der Waals surface area contributed by atoms with Gasteiger partial charge in [0, 0.05) is 11.8 Å². The van der Waals surface area contributed by atoms with Gasteiger partial charge < -0.3 is 5.43 Å². The van der Waals surface area contributed by atoms with Crippen molar-refractivity contribution < 1.29 is 0 Å². The van der Waals surface area contributed by atoms with Gasteiger partial charge in [0.15, 0.2) is 0 Å². The molecule has 0 aliphatic carbocycles. The second-order valence-electron chi connectivity index (χ2n) is 3.49. The van der Waals surface area contributed by atoms with Crippen LogP contribution in [0, 0.1) is 12.8 Å². The van der Waals surface area contributed by atoms with Crippen LogP contribution in [-0.2, 0) is 0 Å². The van der Waals surface area contributed by atoms with Crippen molar-refractivity contribution in [2.24, 2.45) is 11.8 Å². The molecule has 5 heteroatoms. The summed E-state index contributed by atoms with van der Waals surface area (Å²) in [6.45, 7) is 6.23. The SMILES string of the molecule is Cc1nc(NN)cc(SCC(C)C)n1. The van der Waals surface area contributed by atoms with E-state index >= 15 is 0 Å². The molecule has 4 nitrogen and oxygen atoms in total.